The van der Waals surface area contributed by atoms with E-state index in [1.807, 2.05) is 25.1 Å². The highest BCUT2D eigenvalue weighted by Crippen LogP contribution is 2.41. The summed E-state index contributed by atoms with van der Waals surface area (Å²) in [6.45, 7) is 5.54. The largest absolute Gasteiger partial charge is 0.468 e. The fourth-order valence-corrected chi connectivity index (χ4v) is 5.32. The highest BCUT2D eigenvalue weighted by Gasteiger charge is 2.44. The van der Waals surface area contributed by atoms with Gasteiger partial charge in [-0.15, -0.1) is 5.10 Å². The van der Waals surface area contributed by atoms with Crippen molar-refractivity contribution < 1.29 is 9.21 Å². The molecular formula is C21H23N5O2S. The molecule has 0 bridgehead atoms. The monoisotopic (exact) mass is 409 g/mol. The molecule has 2 aromatic heterocycles. The van der Waals surface area contributed by atoms with Crippen molar-refractivity contribution in [1.82, 2.24) is 19.7 Å². The number of benzene rings is 1. The minimum atomic E-state index is -0.301. The molecule has 1 aromatic carbocycles. The summed E-state index contributed by atoms with van der Waals surface area (Å²) in [7, 11) is 0. The molecule has 29 heavy (non-hydrogen) atoms. The van der Waals surface area contributed by atoms with Crippen molar-refractivity contribution in [3.63, 3.8) is 0 Å². The van der Waals surface area contributed by atoms with E-state index >= 15 is 0 Å². The van der Waals surface area contributed by atoms with Gasteiger partial charge in [0.05, 0.1) is 12.3 Å². The van der Waals surface area contributed by atoms with E-state index in [9.17, 15) is 4.79 Å². The number of anilines is 1. The molecule has 0 spiro atoms. The van der Waals surface area contributed by atoms with Crippen LogP contribution < -0.4 is 4.90 Å². The number of piperazine rings is 1. The highest BCUT2D eigenvalue weighted by atomic mass is 32.2. The summed E-state index contributed by atoms with van der Waals surface area (Å²) in [5, 5.41) is 4.77. The fraction of sp³-hybridized carbons (Fsp3) is 0.381. The molecule has 5 rings (SSSR count). The van der Waals surface area contributed by atoms with Crippen LogP contribution in [0.4, 0.5) is 5.69 Å². The van der Waals surface area contributed by atoms with E-state index in [4.69, 9.17) is 4.42 Å². The smallest absolute Gasteiger partial charge is 0.265 e. The Kier molecular flexibility index (Phi) is 4.89. The Labute approximate surface area is 173 Å². The molecule has 0 amide bonds. The van der Waals surface area contributed by atoms with Crippen LogP contribution in [0, 0.1) is 0 Å². The highest BCUT2D eigenvalue weighted by molar-refractivity contribution is 8.00. The molecule has 3 aromatic rings. The van der Waals surface area contributed by atoms with E-state index in [1.165, 1.54) is 22.1 Å². The second kappa shape index (κ2) is 7.68. The van der Waals surface area contributed by atoms with E-state index in [0.717, 1.165) is 38.4 Å². The summed E-state index contributed by atoms with van der Waals surface area (Å²) < 4.78 is 7.25. The Bertz CT molecular complexity index is 980. The number of hydrogen-bond acceptors (Lipinski definition) is 7. The van der Waals surface area contributed by atoms with Crippen LogP contribution in [0.1, 0.15) is 29.3 Å². The van der Waals surface area contributed by atoms with Crippen LogP contribution in [0.15, 0.2) is 58.3 Å². The van der Waals surface area contributed by atoms with Crippen LogP contribution in [0.5, 0.6) is 0 Å². The van der Waals surface area contributed by atoms with Crippen molar-refractivity contribution in [3.8, 4) is 0 Å². The zero-order valence-electron chi connectivity index (χ0n) is 16.3. The van der Waals surface area contributed by atoms with Gasteiger partial charge < -0.3 is 9.32 Å². The number of furan rings is 1. The van der Waals surface area contributed by atoms with Gasteiger partial charge in [-0.2, -0.15) is 4.68 Å². The number of aryl methyl sites for hydroxylation is 1. The average molecular weight is 410 g/mol. The number of carbonyl (C=O) groups excluding carboxylic acids is 1. The predicted octanol–water partition coefficient (Wildman–Crippen LogP) is 3.11. The Morgan fingerprint density at radius 2 is 1.93 bits per heavy atom. The third-order valence-corrected chi connectivity index (χ3v) is 6.76. The van der Waals surface area contributed by atoms with Gasteiger partial charge in [0.1, 0.15) is 11.0 Å². The number of thioether (sulfide) groups is 1. The van der Waals surface area contributed by atoms with Crippen molar-refractivity contribution in [2.24, 2.45) is 0 Å². The number of carbonyl (C=O) groups is 1. The zero-order valence-corrected chi connectivity index (χ0v) is 17.1. The van der Waals surface area contributed by atoms with Crippen molar-refractivity contribution in [3.05, 3.63) is 60.3 Å². The van der Waals surface area contributed by atoms with E-state index in [0.29, 0.717) is 11.0 Å². The standard InChI is InChI=1S/C21H23N5O2S/c1-2-17-22-21-26(23-17)20(27)19(29-21)18(16-9-6-14-28-16)25-12-10-24(11-13-25)15-7-4-3-5-8-15/h3-9,14,18-19H,2,10-13H2,1H3. The summed E-state index contributed by atoms with van der Waals surface area (Å²) in [5.74, 6) is 1.53. The maximum Gasteiger partial charge on any atom is 0.265 e. The summed E-state index contributed by atoms with van der Waals surface area (Å²) >= 11 is 1.50. The van der Waals surface area contributed by atoms with Gasteiger partial charge in [0.2, 0.25) is 0 Å². The van der Waals surface area contributed by atoms with Crippen LogP contribution in [-0.2, 0) is 6.42 Å². The van der Waals surface area contributed by atoms with E-state index < -0.39 is 0 Å². The van der Waals surface area contributed by atoms with Crippen molar-refractivity contribution in [2.45, 2.75) is 29.8 Å². The summed E-state index contributed by atoms with van der Waals surface area (Å²) in [6, 6.07) is 14.2. The molecule has 0 saturated carbocycles. The number of nitrogens with zero attached hydrogens (tertiary/aromatic N) is 5. The lowest BCUT2D eigenvalue weighted by molar-refractivity contribution is 0.0813. The van der Waals surface area contributed by atoms with E-state index in [2.05, 4.69) is 44.1 Å². The normalized spacial score (nSPS) is 20.8. The Morgan fingerprint density at radius 3 is 2.59 bits per heavy atom. The Hall–Kier alpha value is -2.58. The second-order valence-corrected chi connectivity index (χ2v) is 8.38. The number of rotatable bonds is 5. The number of fused-ring (bicyclic) bond motifs is 1. The summed E-state index contributed by atoms with van der Waals surface area (Å²) in [6.07, 6.45) is 2.40. The minimum absolute atomic E-state index is 0.0101. The van der Waals surface area contributed by atoms with Gasteiger partial charge in [0.15, 0.2) is 11.0 Å². The Morgan fingerprint density at radius 1 is 1.14 bits per heavy atom. The van der Waals surface area contributed by atoms with Crippen molar-refractivity contribution in [2.75, 3.05) is 31.1 Å². The minimum Gasteiger partial charge on any atom is -0.468 e. The van der Waals surface area contributed by atoms with Crippen LogP contribution in [0.25, 0.3) is 0 Å². The molecule has 1 saturated heterocycles. The van der Waals surface area contributed by atoms with E-state index in [-0.39, 0.29) is 17.2 Å². The quantitative estimate of drug-likeness (QED) is 0.641. The predicted molar refractivity (Wildman–Crippen MR) is 111 cm³/mol. The average Bonchev–Trinajstić information content (AvgIpc) is 3.49. The van der Waals surface area contributed by atoms with Gasteiger partial charge in [0, 0.05) is 38.3 Å². The first-order valence-corrected chi connectivity index (χ1v) is 10.9. The van der Waals surface area contributed by atoms with Gasteiger partial charge in [0.25, 0.3) is 5.91 Å². The first-order valence-electron chi connectivity index (χ1n) is 9.99. The van der Waals surface area contributed by atoms with Crippen LogP contribution in [0.3, 0.4) is 0 Å². The maximum absolute atomic E-state index is 13.2. The van der Waals surface area contributed by atoms with E-state index in [1.54, 1.807) is 6.26 Å². The van der Waals surface area contributed by atoms with Crippen LogP contribution >= 0.6 is 11.8 Å². The van der Waals surface area contributed by atoms with Crippen LogP contribution in [-0.4, -0.2) is 57.0 Å². The van der Waals surface area contributed by atoms with Gasteiger partial charge in [-0.3, -0.25) is 9.69 Å². The first kappa shape index (κ1) is 18.4. The lowest BCUT2D eigenvalue weighted by Gasteiger charge is -2.40. The molecule has 4 heterocycles. The topological polar surface area (TPSA) is 67.4 Å². The van der Waals surface area contributed by atoms with Crippen molar-refractivity contribution >= 4 is 23.4 Å². The molecule has 1 fully saturated rings. The summed E-state index contributed by atoms with van der Waals surface area (Å²) in [5.41, 5.74) is 1.24. The molecule has 2 aliphatic rings. The lowest BCUT2D eigenvalue weighted by atomic mass is 10.1. The third kappa shape index (κ3) is 3.36. The molecule has 2 atom stereocenters. The second-order valence-electron chi connectivity index (χ2n) is 7.27. The zero-order chi connectivity index (χ0) is 19.8. The summed E-state index contributed by atoms with van der Waals surface area (Å²) in [4.78, 5) is 22.4. The number of para-hydroxylation sites is 1. The molecule has 8 heteroatoms. The van der Waals surface area contributed by atoms with Gasteiger partial charge in [-0.25, -0.2) is 4.98 Å². The lowest BCUT2D eigenvalue weighted by Crippen LogP contribution is -2.50. The Balaban J connectivity index is 1.37. The SMILES string of the molecule is CCc1nc2n(n1)C(=O)C(C(c1ccco1)N1CCN(c3ccccc3)CC1)S2. The van der Waals surface area contributed by atoms with Gasteiger partial charge in [-0.1, -0.05) is 36.9 Å². The molecule has 0 radical (unpaired) electrons. The maximum atomic E-state index is 13.2. The molecule has 2 aliphatic heterocycles. The molecule has 2 unspecified atom stereocenters. The van der Waals surface area contributed by atoms with Gasteiger partial charge >= 0.3 is 0 Å². The number of aromatic nitrogens is 3. The molecular weight excluding hydrogens is 386 g/mol. The van der Waals surface area contributed by atoms with Crippen molar-refractivity contribution in [1.29, 1.82) is 0 Å². The number of hydrogen-bond donors (Lipinski definition) is 0. The van der Waals surface area contributed by atoms with Crippen LogP contribution in [0.2, 0.25) is 0 Å². The fourth-order valence-electron chi connectivity index (χ4n) is 4.07. The third-order valence-electron chi connectivity index (χ3n) is 5.57. The molecule has 7 nitrogen and oxygen atoms in total. The van der Waals surface area contributed by atoms with Gasteiger partial charge in [-0.05, 0) is 24.3 Å². The first-order chi connectivity index (χ1) is 14.2. The molecule has 0 N–H and O–H groups in total. The molecule has 0 aliphatic carbocycles. The molecule has 150 valence electrons.